The summed E-state index contributed by atoms with van der Waals surface area (Å²) in [5.74, 6) is 0. The van der Waals surface area contributed by atoms with Crippen LogP contribution in [0.25, 0.3) is 0 Å². The lowest BCUT2D eigenvalue weighted by atomic mass is 9.97. The molecular weight excluding hydrogens is 368 g/mol. The van der Waals surface area contributed by atoms with Crippen molar-refractivity contribution in [2.75, 3.05) is 52.4 Å². The average Bonchev–Trinajstić information content (AvgIpc) is 2.85. The maximum absolute atomic E-state index is 2.72. The summed E-state index contributed by atoms with van der Waals surface area (Å²) in [6, 6.07) is 0. The quantitative estimate of drug-likeness (QED) is 0.504. The van der Waals surface area contributed by atoms with E-state index in [1.165, 1.54) is 152 Å². The van der Waals surface area contributed by atoms with Crippen molar-refractivity contribution in [2.45, 2.75) is 77.0 Å². The van der Waals surface area contributed by atoms with Gasteiger partial charge in [-0.05, 0) is 51.4 Å². The highest BCUT2D eigenvalue weighted by Gasteiger charge is 2.36. The summed E-state index contributed by atoms with van der Waals surface area (Å²) in [6.45, 7) is 9.92. The fourth-order valence-electron chi connectivity index (χ4n) is 6.11. The van der Waals surface area contributed by atoms with Crippen LogP contribution in [0.1, 0.15) is 77.0 Å². The van der Waals surface area contributed by atoms with Crippen molar-refractivity contribution in [1.29, 1.82) is 0 Å². The predicted molar refractivity (Wildman–Crippen MR) is 125 cm³/mol. The maximum atomic E-state index is 2.72. The molecule has 0 unspecified atom stereocenters. The molecule has 164 valence electrons. The van der Waals surface area contributed by atoms with Crippen LogP contribution in [-0.2, 0) is 0 Å². The zero-order valence-electron chi connectivity index (χ0n) is 19.1. The van der Waals surface area contributed by atoms with Crippen molar-refractivity contribution < 1.29 is 9.15 Å². The van der Waals surface area contributed by atoms with E-state index in [4.69, 9.17) is 0 Å². The Morgan fingerprint density at radius 1 is 0.433 bits per heavy atom. The van der Waals surface area contributed by atoms with E-state index in [1.54, 1.807) is 0 Å². The zero-order chi connectivity index (χ0) is 20.2. The lowest BCUT2D eigenvalue weighted by Gasteiger charge is -2.35. The monoisotopic (exact) mass is 410 g/mol. The van der Waals surface area contributed by atoms with Gasteiger partial charge in [-0.2, -0.15) is 0 Å². The van der Waals surface area contributed by atoms with E-state index in [2.05, 4.69) is 31.1 Å². The number of likely N-dealkylation sites (tertiary alicyclic amines) is 2. The highest BCUT2D eigenvalue weighted by atomic mass is 15.2. The van der Waals surface area contributed by atoms with Crippen LogP contribution in [0.15, 0.2) is 23.5 Å². The van der Waals surface area contributed by atoms with Crippen LogP contribution in [0.2, 0.25) is 0 Å². The largest absolute Gasteiger partial charge is 0.366 e. The Morgan fingerprint density at radius 2 is 0.767 bits per heavy atom. The van der Waals surface area contributed by atoms with E-state index in [0.29, 0.717) is 0 Å². The van der Waals surface area contributed by atoms with Gasteiger partial charge in [0.05, 0.1) is 0 Å². The summed E-state index contributed by atoms with van der Waals surface area (Å²) in [5.41, 5.74) is 6.16. The van der Waals surface area contributed by atoms with Crippen molar-refractivity contribution in [3.8, 4) is 0 Å². The molecule has 4 nitrogen and oxygen atoms in total. The van der Waals surface area contributed by atoms with Crippen molar-refractivity contribution in [3.63, 3.8) is 0 Å². The summed E-state index contributed by atoms with van der Waals surface area (Å²) in [7, 11) is 0. The second-order valence-electron chi connectivity index (χ2n) is 10.0. The van der Waals surface area contributed by atoms with E-state index in [0.717, 1.165) is 0 Å². The summed E-state index contributed by atoms with van der Waals surface area (Å²) in [6.07, 6.45) is 21.7. The Labute approximate surface area is 183 Å². The fourth-order valence-corrected chi connectivity index (χ4v) is 6.11. The Hall–Kier alpha value is -1.58. The van der Waals surface area contributed by atoms with Gasteiger partial charge < -0.3 is 9.80 Å². The number of hydrogen-bond acceptors (Lipinski definition) is 2. The Bertz CT molecular complexity index is 665. The molecule has 4 heterocycles. The number of rotatable bonds is 2. The molecule has 4 saturated heterocycles. The molecule has 30 heavy (non-hydrogen) atoms. The molecule has 4 heteroatoms. The van der Waals surface area contributed by atoms with Gasteiger partial charge in [-0.25, -0.2) is 9.15 Å². The lowest BCUT2D eigenvalue weighted by molar-refractivity contribution is -0.538. The minimum Gasteiger partial charge on any atom is -0.366 e. The first-order valence-electron chi connectivity index (χ1n) is 13.1. The predicted octanol–water partition coefficient (Wildman–Crippen LogP) is 4.01. The third-order valence-corrected chi connectivity index (χ3v) is 7.86. The van der Waals surface area contributed by atoms with Crippen LogP contribution in [0.3, 0.4) is 0 Å². The van der Waals surface area contributed by atoms with E-state index >= 15 is 0 Å². The van der Waals surface area contributed by atoms with E-state index in [1.807, 2.05) is 0 Å². The van der Waals surface area contributed by atoms with Crippen LogP contribution in [0, 0.1) is 0 Å². The normalized spacial score (nSPS) is 26.7. The molecule has 0 spiro atoms. The van der Waals surface area contributed by atoms with Crippen LogP contribution in [0.4, 0.5) is 0 Å². The van der Waals surface area contributed by atoms with Crippen molar-refractivity contribution >= 4 is 11.4 Å². The van der Waals surface area contributed by atoms with Gasteiger partial charge in [-0.1, -0.05) is 0 Å². The SMILES string of the molecule is C1=C(N2CCCCC2)C(=[N+]2CCCCC2)C=C(N2CCCCC2)C1=[N+]1CCCCC1. The van der Waals surface area contributed by atoms with E-state index in [9.17, 15) is 0 Å². The van der Waals surface area contributed by atoms with E-state index in [-0.39, 0.29) is 0 Å². The second kappa shape index (κ2) is 9.70. The molecule has 0 N–H and O–H groups in total. The van der Waals surface area contributed by atoms with Crippen LogP contribution in [-0.4, -0.2) is 82.7 Å². The standard InChI is InChI=1S/C26H42N4/c1-5-13-27(14-6-1)23-21-25(29-17-9-3-10-18-29)26(30-19-11-4-12-20-30)22-24(23)28-15-7-2-8-16-28/h21-22H,1-20H2/q+2. The molecule has 0 aromatic carbocycles. The number of hydrogen-bond donors (Lipinski definition) is 0. The van der Waals surface area contributed by atoms with Crippen LogP contribution < -0.4 is 0 Å². The molecule has 0 aromatic heterocycles. The Kier molecular flexibility index (Phi) is 6.57. The molecule has 0 aromatic rings. The van der Waals surface area contributed by atoms with Gasteiger partial charge >= 0.3 is 0 Å². The molecule has 5 rings (SSSR count). The highest BCUT2D eigenvalue weighted by molar-refractivity contribution is 6.20. The first kappa shape index (κ1) is 20.3. The molecule has 4 fully saturated rings. The number of nitrogens with zero attached hydrogens (tertiary/aromatic N) is 4. The molecule has 0 bridgehead atoms. The van der Waals surface area contributed by atoms with E-state index < -0.39 is 0 Å². The fraction of sp³-hybridized carbons (Fsp3) is 0.769. The van der Waals surface area contributed by atoms with Crippen molar-refractivity contribution in [1.82, 2.24) is 9.80 Å². The molecule has 1 aliphatic carbocycles. The summed E-state index contributed by atoms with van der Waals surface area (Å²) < 4.78 is 5.45. The first-order valence-corrected chi connectivity index (χ1v) is 13.1. The third-order valence-electron chi connectivity index (χ3n) is 7.86. The molecule has 0 radical (unpaired) electrons. The topological polar surface area (TPSA) is 12.5 Å². The van der Waals surface area contributed by atoms with Gasteiger partial charge in [0.1, 0.15) is 37.6 Å². The van der Waals surface area contributed by atoms with Gasteiger partial charge in [0.15, 0.2) is 0 Å². The van der Waals surface area contributed by atoms with Crippen molar-refractivity contribution in [3.05, 3.63) is 23.5 Å². The smallest absolute Gasteiger partial charge is 0.226 e. The van der Waals surface area contributed by atoms with Gasteiger partial charge in [-0.3, -0.25) is 0 Å². The summed E-state index contributed by atoms with van der Waals surface area (Å²) in [5, 5.41) is 0. The average molecular weight is 411 g/mol. The molecule has 4 aliphatic heterocycles. The van der Waals surface area contributed by atoms with Crippen LogP contribution >= 0.6 is 0 Å². The molecule has 0 amide bonds. The van der Waals surface area contributed by atoms with Gasteiger partial charge in [0, 0.05) is 64.0 Å². The highest BCUT2D eigenvalue weighted by Crippen LogP contribution is 2.27. The zero-order valence-corrected chi connectivity index (χ0v) is 19.1. The Morgan fingerprint density at radius 3 is 1.13 bits per heavy atom. The van der Waals surface area contributed by atoms with Gasteiger partial charge in [0.25, 0.3) is 0 Å². The summed E-state index contributed by atoms with van der Waals surface area (Å²) >= 11 is 0. The maximum Gasteiger partial charge on any atom is 0.226 e. The summed E-state index contributed by atoms with van der Waals surface area (Å²) in [4.78, 5) is 5.45. The Balaban J connectivity index is 1.59. The minimum atomic E-state index is 1.24. The lowest BCUT2D eigenvalue weighted by Crippen LogP contribution is -2.44. The molecule has 0 atom stereocenters. The minimum absolute atomic E-state index is 1.24. The van der Waals surface area contributed by atoms with Crippen molar-refractivity contribution in [2.24, 2.45) is 0 Å². The number of allylic oxidation sites excluding steroid dienone is 2. The van der Waals surface area contributed by atoms with Crippen LogP contribution in [0.5, 0.6) is 0 Å². The molecule has 5 aliphatic rings. The van der Waals surface area contributed by atoms with Gasteiger partial charge in [0.2, 0.25) is 11.4 Å². The van der Waals surface area contributed by atoms with Gasteiger partial charge in [-0.15, -0.1) is 0 Å². The second-order valence-corrected chi connectivity index (χ2v) is 10.0. The first-order chi connectivity index (χ1) is 14.9. The molecular formula is C26H42N4+2. The molecule has 0 saturated carbocycles. The number of piperidine rings is 4. The third kappa shape index (κ3) is 4.38.